The van der Waals surface area contributed by atoms with Gasteiger partial charge in [-0.05, 0) is 49.2 Å². The van der Waals surface area contributed by atoms with Crippen LogP contribution in [0.2, 0.25) is 0 Å². The van der Waals surface area contributed by atoms with Gasteiger partial charge in [-0.2, -0.15) is 0 Å². The summed E-state index contributed by atoms with van der Waals surface area (Å²) in [6.07, 6.45) is 0.925. The molecule has 35 heavy (non-hydrogen) atoms. The Kier molecular flexibility index (Phi) is 7.02. The van der Waals surface area contributed by atoms with E-state index in [0.29, 0.717) is 24.3 Å². The van der Waals surface area contributed by atoms with E-state index in [1.165, 1.54) is 17.0 Å². The molecule has 4 rings (SSSR count). The van der Waals surface area contributed by atoms with Gasteiger partial charge in [0.05, 0.1) is 24.1 Å². The Morgan fingerprint density at radius 3 is 2.60 bits per heavy atom. The van der Waals surface area contributed by atoms with Gasteiger partial charge in [-0.3, -0.25) is 14.4 Å². The number of benzene rings is 2. The predicted molar refractivity (Wildman–Crippen MR) is 123 cm³/mol. The van der Waals surface area contributed by atoms with Crippen LogP contribution >= 0.6 is 0 Å². The molecule has 2 aliphatic heterocycles. The number of hydrogen-bond acceptors (Lipinski definition) is 5. The van der Waals surface area contributed by atoms with Gasteiger partial charge in [-0.15, -0.1) is 0 Å². The van der Waals surface area contributed by atoms with Crippen molar-refractivity contribution in [3.05, 3.63) is 59.2 Å². The smallest absolute Gasteiger partial charge is 0.257 e. The molecule has 8 nitrogen and oxygen atoms in total. The van der Waals surface area contributed by atoms with E-state index in [0.717, 1.165) is 12.1 Å². The first kappa shape index (κ1) is 24.6. The highest BCUT2D eigenvalue weighted by molar-refractivity contribution is 6.05. The molecule has 0 spiro atoms. The summed E-state index contributed by atoms with van der Waals surface area (Å²) in [6.45, 7) is 0.197. The summed E-state index contributed by atoms with van der Waals surface area (Å²) < 4.78 is 38.7. The summed E-state index contributed by atoms with van der Waals surface area (Å²) in [4.78, 5) is 41.0. The zero-order valence-corrected chi connectivity index (χ0v) is 19.7. The highest BCUT2D eigenvalue weighted by Gasteiger charge is 2.39. The number of fused-ring (bicyclic) bond motifs is 2. The van der Waals surface area contributed by atoms with Crippen LogP contribution in [0.25, 0.3) is 0 Å². The molecule has 0 aliphatic carbocycles. The Morgan fingerprint density at radius 1 is 1.11 bits per heavy atom. The Labute approximate surface area is 201 Å². The molecule has 0 bridgehead atoms. The molecule has 1 saturated heterocycles. The van der Waals surface area contributed by atoms with Crippen LogP contribution in [-0.4, -0.2) is 73.5 Å². The minimum absolute atomic E-state index is 0.0204. The number of halogens is 2. The number of anilines is 1. The van der Waals surface area contributed by atoms with Crippen LogP contribution in [0.4, 0.5) is 14.5 Å². The number of carbonyl (C=O) groups is 3. The predicted octanol–water partition coefficient (Wildman–Crippen LogP) is 3.08. The van der Waals surface area contributed by atoms with Crippen molar-refractivity contribution < 1.29 is 32.6 Å². The third-order valence-corrected chi connectivity index (χ3v) is 6.35. The first-order valence-electron chi connectivity index (χ1n) is 11.3. The average Bonchev–Trinajstić information content (AvgIpc) is 2.83. The molecule has 2 heterocycles. The van der Waals surface area contributed by atoms with E-state index in [2.05, 4.69) is 5.32 Å². The van der Waals surface area contributed by atoms with Crippen molar-refractivity contribution in [2.24, 2.45) is 0 Å². The lowest BCUT2D eigenvalue weighted by atomic mass is 9.94. The fraction of sp³-hybridized carbons (Fsp3) is 0.400. The van der Waals surface area contributed by atoms with Crippen molar-refractivity contribution in [3.8, 4) is 5.75 Å². The number of carbonyl (C=O) groups excluding carboxylic acids is 3. The number of rotatable bonds is 4. The van der Waals surface area contributed by atoms with Crippen molar-refractivity contribution in [3.63, 3.8) is 0 Å². The van der Waals surface area contributed by atoms with Gasteiger partial charge in [0.15, 0.2) is 11.6 Å². The third kappa shape index (κ3) is 5.27. The Balaban J connectivity index is 1.50. The van der Waals surface area contributed by atoms with Gasteiger partial charge >= 0.3 is 0 Å². The van der Waals surface area contributed by atoms with Crippen molar-refractivity contribution in [2.45, 2.75) is 37.5 Å². The second-order valence-corrected chi connectivity index (χ2v) is 8.95. The van der Waals surface area contributed by atoms with Crippen LogP contribution in [0, 0.1) is 11.6 Å². The Hall–Kier alpha value is -3.53. The van der Waals surface area contributed by atoms with Crippen LogP contribution in [-0.2, 0) is 9.53 Å². The molecule has 2 aliphatic rings. The van der Waals surface area contributed by atoms with Crippen molar-refractivity contribution in [2.75, 3.05) is 33.1 Å². The molecule has 186 valence electrons. The van der Waals surface area contributed by atoms with Gasteiger partial charge in [-0.25, -0.2) is 8.78 Å². The molecule has 0 aromatic heterocycles. The molecule has 0 unspecified atom stereocenters. The van der Waals surface area contributed by atoms with Gasteiger partial charge in [-0.1, -0.05) is 0 Å². The number of amides is 3. The SMILES string of the molecule is CN(C)C(=O)C[C@@H]1CC[C@@H]2[C@@H](COc3ccc(NC(=O)c4ccc(F)c(F)c4)cc3C(=O)N2C)O1. The molecule has 3 amide bonds. The lowest BCUT2D eigenvalue weighted by Crippen LogP contribution is -2.53. The number of ether oxygens (including phenoxy) is 2. The average molecular weight is 488 g/mol. The quantitative estimate of drug-likeness (QED) is 0.716. The second kappa shape index (κ2) is 9.99. The van der Waals surface area contributed by atoms with E-state index in [1.54, 1.807) is 38.2 Å². The number of likely N-dealkylation sites (N-methyl/N-ethyl adjacent to an activating group) is 1. The lowest BCUT2D eigenvalue weighted by molar-refractivity contribution is -0.140. The van der Waals surface area contributed by atoms with E-state index in [4.69, 9.17) is 9.47 Å². The fourth-order valence-corrected chi connectivity index (χ4v) is 4.32. The highest BCUT2D eigenvalue weighted by atomic mass is 19.2. The van der Waals surface area contributed by atoms with Gasteiger partial charge < -0.3 is 24.6 Å². The van der Waals surface area contributed by atoms with Gasteiger partial charge in [0.2, 0.25) is 5.91 Å². The number of nitrogens with zero attached hydrogens (tertiary/aromatic N) is 2. The van der Waals surface area contributed by atoms with Gasteiger partial charge in [0.1, 0.15) is 18.5 Å². The molecule has 1 N–H and O–H groups in total. The number of nitrogens with one attached hydrogen (secondary N) is 1. The van der Waals surface area contributed by atoms with Crippen molar-refractivity contribution in [1.29, 1.82) is 0 Å². The summed E-state index contributed by atoms with van der Waals surface area (Å²) in [5.74, 6) is -2.80. The van der Waals surface area contributed by atoms with E-state index >= 15 is 0 Å². The van der Waals surface area contributed by atoms with Crippen molar-refractivity contribution >= 4 is 23.4 Å². The summed E-state index contributed by atoms with van der Waals surface area (Å²) in [7, 11) is 5.09. The molecule has 1 fully saturated rings. The fourth-order valence-electron chi connectivity index (χ4n) is 4.32. The van der Waals surface area contributed by atoms with E-state index in [-0.39, 0.29) is 48.1 Å². The molecule has 2 aromatic carbocycles. The molecule has 3 atom stereocenters. The van der Waals surface area contributed by atoms with Crippen LogP contribution in [0.15, 0.2) is 36.4 Å². The summed E-state index contributed by atoms with van der Waals surface area (Å²) >= 11 is 0. The molecule has 10 heteroatoms. The topological polar surface area (TPSA) is 88.2 Å². The van der Waals surface area contributed by atoms with Crippen LogP contribution in [0.3, 0.4) is 0 Å². The maximum Gasteiger partial charge on any atom is 0.257 e. The standard InChI is InChI=1S/C25H27F2N3O5/c1-29(2)23(31)12-16-6-8-20-22(35-16)13-34-21-9-5-15(11-17(21)25(33)30(20)3)28-24(32)14-4-7-18(26)19(27)10-14/h4-5,7,9-11,16,20,22H,6,8,12-13H2,1-3H3,(H,28,32)/t16-,20+,22+/m0/s1. The first-order valence-corrected chi connectivity index (χ1v) is 11.3. The van der Waals surface area contributed by atoms with E-state index < -0.39 is 23.6 Å². The zero-order chi connectivity index (χ0) is 25.3. The first-order chi connectivity index (χ1) is 16.6. The molecular formula is C25H27F2N3O5. The van der Waals surface area contributed by atoms with Gasteiger partial charge in [0, 0.05) is 32.4 Å². The lowest BCUT2D eigenvalue weighted by Gasteiger charge is -2.42. The van der Waals surface area contributed by atoms with E-state index in [1.807, 2.05) is 0 Å². The Morgan fingerprint density at radius 2 is 1.89 bits per heavy atom. The minimum atomic E-state index is -1.13. The normalized spacial score (nSPS) is 21.7. The zero-order valence-electron chi connectivity index (χ0n) is 19.7. The van der Waals surface area contributed by atoms with Gasteiger partial charge in [0.25, 0.3) is 11.8 Å². The highest BCUT2D eigenvalue weighted by Crippen LogP contribution is 2.32. The van der Waals surface area contributed by atoms with Crippen LogP contribution < -0.4 is 10.1 Å². The molecule has 0 saturated carbocycles. The second-order valence-electron chi connectivity index (χ2n) is 8.95. The Bertz CT molecular complexity index is 1160. The monoisotopic (exact) mass is 487 g/mol. The van der Waals surface area contributed by atoms with Crippen LogP contribution in [0.5, 0.6) is 5.75 Å². The number of hydrogen-bond donors (Lipinski definition) is 1. The van der Waals surface area contributed by atoms with Crippen molar-refractivity contribution in [1.82, 2.24) is 9.80 Å². The molecular weight excluding hydrogens is 460 g/mol. The molecule has 2 aromatic rings. The summed E-state index contributed by atoms with van der Waals surface area (Å²) in [5, 5.41) is 2.60. The summed E-state index contributed by atoms with van der Waals surface area (Å²) in [6, 6.07) is 7.24. The van der Waals surface area contributed by atoms with Crippen LogP contribution in [0.1, 0.15) is 40.0 Å². The third-order valence-electron chi connectivity index (χ3n) is 6.35. The maximum atomic E-state index is 13.5. The summed E-state index contributed by atoms with van der Waals surface area (Å²) in [5.41, 5.74) is 0.516. The van der Waals surface area contributed by atoms with E-state index in [9.17, 15) is 23.2 Å². The largest absolute Gasteiger partial charge is 0.490 e. The maximum absolute atomic E-state index is 13.5. The molecule has 0 radical (unpaired) electrons. The minimum Gasteiger partial charge on any atom is -0.490 e.